The number of rotatable bonds is 1. The van der Waals surface area contributed by atoms with Gasteiger partial charge in [0, 0.05) is 12.1 Å². The van der Waals surface area contributed by atoms with Gasteiger partial charge in [0.25, 0.3) is 0 Å². The van der Waals surface area contributed by atoms with Gasteiger partial charge in [0.1, 0.15) is 12.4 Å². The third-order valence-electron chi connectivity index (χ3n) is 3.49. The van der Waals surface area contributed by atoms with Gasteiger partial charge in [-0.3, -0.25) is 0 Å². The fourth-order valence-corrected chi connectivity index (χ4v) is 2.50. The number of nitrogens with one attached hydrogen (secondary N) is 1. The number of alkyl halides is 3. The van der Waals surface area contributed by atoms with E-state index in [4.69, 9.17) is 4.74 Å². The summed E-state index contributed by atoms with van der Waals surface area (Å²) in [6, 6.07) is 12.8. The van der Waals surface area contributed by atoms with Gasteiger partial charge in [0.05, 0.1) is 11.6 Å². The zero-order valence-corrected chi connectivity index (χ0v) is 11.2. The SMILES string of the molecule is FC(F)(F)c1ccc2c(c1)C(c1ccccc1)NCCO2. The van der Waals surface area contributed by atoms with Crippen molar-refractivity contribution in [3.05, 3.63) is 65.2 Å². The van der Waals surface area contributed by atoms with E-state index in [1.54, 1.807) is 0 Å². The largest absolute Gasteiger partial charge is 0.492 e. The molecule has 2 aromatic carbocycles. The van der Waals surface area contributed by atoms with Crippen molar-refractivity contribution in [1.82, 2.24) is 5.32 Å². The summed E-state index contributed by atoms with van der Waals surface area (Å²) < 4.78 is 44.3. The average molecular weight is 293 g/mol. The zero-order valence-electron chi connectivity index (χ0n) is 11.2. The monoisotopic (exact) mass is 293 g/mol. The van der Waals surface area contributed by atoms with E-state index in [0.717, 1.165) is 11.6 Å². The van der Waals surface area contributed by atoms with Crippen molar-refractivity contribution in [2.75, 3.05) is 13.2 Å². The summed E-state index contributed by atoms with van der Waals surface area (Å²) in [6.07, 6.45) is -4.36. The fourth-order valence-electron chi connectivity index (χ4n) is 2.50. The number of ether oxygens (including phenoxy) is 1. The first-order chi connectivity index (χ1) is 10.1. The summed E-state index contributed by atoms with van der Waals surface area (Å²) >= 11 is 0. The number of hydrogen-bond acceptors (Lipinski definition) is 2. The molecule has 2 nitrogen and oxygen atoms in total. The van der Waals surface area contributed by atoms with Crippen LogP contribution in [0.5, 0.6) is 5.75 Å². The van der Waals surface area contributed by atoms with Crippen LogP contribution < -0.4 is 10.1 Å². The molecule has 1 N–H and O–H groups in total. The molecular formula is C16H14F3NO. The van der Waals surface area contributed by atoms with E-state index in [1.165, 1.54) is 12.1 Å². The lowest BCUT2D eigenvalue weighted by molar-refractivity contribution is -0.137. The molecule has 1 unspecified atom stereocenters. The Morgan fingerprint density at radius 2 is 1.81 bits per heavy atom. The zero-order chi connectivity index (χ0) is 14.9. The van der Waals surface area contributed by atoms with Gasteiger partial charge in [-0.25, -0.2) is 0 Å². The van der Waals surface area contributed by atoms with Crippen LogP contribution in [0.25, 0.3) is 0 Å². The Kier molecular flexibility index (Phi) is 3.59. The lowest BCUT2D eigenvalue weighted by Gasteiger charge is -2.19. The maximum absolute atomic E-state index is 12.9. The van der Waals surface area contributed by atoms with Crippen LogP contribution >= 0.6 is 0 Å². The van der Waals surface area contributed by atoms with E-state index in [-0.39, 0.29) is 6.04 Å². The Morgan fingerprint density at radius 3 is 2.52 bits per heavy atom. The molecule has 0 spiro atoms. The fraction of sp³-hybridized carbons (Fsp3) is 0.250. The Labute approximate surface area is 120 Å². The Balaban J connectivity index is 2.09. The molecule has 2 aromatic rings. The van der Waals surface area contributed by atoms with E-state index in [2.05, 4.69) is 5.32 Å². The van der Waals surface area contributed by atoms with Gasteiger partial charge in [-0.1, -0.05) is 30.3 Å². The average Bonchev–Trinajstić information content (AvgIpc) is 2.69. The highest BCUT2D eigenvalue weighted by molar-refractivity contribution is 5.45. The van der Waals surface area contributed by atoms with Crippen LogP contribution in [-0.2, 0) is 6.18 Å². The number of fused-ring (bicyclic) bond motifs is 1. The highest BCUT2D eigenvalue weighted by Crippen LogP contribution is 2.37. The lowest BCUT2D eigenvalue weighted by atomic mass is 9.96. The van der Waals surface area contributed by atoms with E-state index < -0.39 is 11.7 Å². The van der Waals surface area contributed by atoms with Crippen molar-refractivity contribution in [1.29, 1.82) is 0 Å². The van der Waals surface area contributed by atoms with E-state index in [9.17, 15) is 13.2 Å². The maximum Gasteiger partial charge on any atom is 0.416 e. The van der Waals surface area contributed by atoms with Crippen molar-refractivity contribution >= 4 is 0 Å². The molecule has 110 valence electrons. The predicted octanol–water partition coefficient (Wildman–Crippen LogP) is 3.78. The lowest BCUT2D eigenvalue weighted by Crippen LogP contribution is -2.24. The highest BCUT2D eigenvalue weighted by Gasteiger charge is 2.32. The normalized spacial score (nSPS) is 18.5. The van der Waals surface area contributed by atoms with E-state index >= 15 is 0 Å². The minimum Gasteiger partial charge on any atom is -0.492 e. The molecule has 0 aromatic heterocycles. The molecule has 0 fully saturated rings. The van der Waals surface area contributed by atoms with Crippen LogP contribution in [0.1, 0.15) is 22.7 Å². The minimum absolute atomic E-state index is 0.300. The first-order valence-corrected chi connectivity index (χ1v) is 6.68. The molecule has 0 aliphatic carbocycles. The van der Waals surface area contributed by atoms with Crippen LogP contribution in [0.15, 0.2) is 48.5 Å². The van der Waals surface area contributed by atoms with Gasteiger partial charge in [0.2, 0.25) is 0 Å². The molecule has 5 heteroatoms. The molecule has 0 radical (unpaired) electrons. The second kappa shape index (κ2) is 5.41. The second-order valence-electron chi connectivity index (χ2n) is 4.90. The van der Waals surface area contributed by atoms with Gasteiger partial charge in [-0.05, 0) is 23.8 Å². The van der Waals surface area contributed by atoms with Crippen LogP contribution in [0.2, 0.25) is 0 Å². The van der Waals surface area contributed by atoms with Crippen molar-refractivity contribution in [2.24, 2.45) is 0 Å². The maximum atomic E-state index is 12.9. The topological polar surface area (TPSA) is 21.3 Å². The summed E-state index contributed by atoms with van der Waals surface area (Å²) in [5.74, 6) is 0.502. The predicted molar refractivity (Wildman–Crippen MR) is 73.2 cm³/mol. The van der Waals surface area contributed by atoms with Gasteiger partial charge in [-0.15, -0.1) is 0 Å². The molecule has 0 amide bonds. The summed E-state index contributed by atoms with van der Waals surface area (Å²) in [5.41, 5.74) is 0.784. The standard InChI is InChI=1S/C16H14F3NO/c17-16(18,19)12-6-7-14-13(10-12)15(20-8-9-21-14)11-4-2-1-3-5-11/h1-7,10,15,20H,8-9H2. The molecule has 0 bridgehead atoms. The molecule has 0 saturated heterocycles. The summed E-state index contributed by atoms with van der Waals surface area (Å²) in [7, 11) is 0. The number of benzene rings is 2. The summed E-state index contributed by atoms with van der Waals surface area (Å²) in [5, 5.41) is 3.24. The highest BCUT2D eigenvalue weighted by atomic mass is 19.4. The quantitative estimate of drug-likeness (QED) is 0.864. The van der Waals surface area contributed by atoms with Gasteiger partial charge in [-0.2, -0.15) is 13.2 Å². The van der Waals surface area contributed by atoms with Crippen molar-refractivity contribution in [3.8, 4) is 5.75 Å². The van der Waals surface area contributed by atoms with Crippen LogP contribution in [0.4, 0.5) is 13.2 Å². The Hall–Kier alpha value is -2.01. The third kappa shape index (κ3) is 2.88. The molecule has 1 aliphatic heterocycles. The molecule has 1 atom stereocenters. The van der Waals surface area contributed by atoms with Crippen LogP contribution in [0, 0.1) is 0 Å². The number of halogens is 3. The first kappa shape index (κ1) is 13.9. The molecule has 0 saturated carbocycles. The van der Waals surface area contributed by atoms with E-state index in [0.29, 0.717) is 24.5 Å². The smallest absolute Gasteiger partial charge is 0.416 e. The Bertz CT molecular complexity index is 625. The van der Waals surface area contributed by atoms with Crippen LogP contribution in [0.3, 0.4) is 0 Å². The van der Waals surface area contributed by atoms with Gasteiger partial charge >= 0.3 is 6.18 Å². The Morgan fingerprint density at radius 1 is 1.05 bits per heavy atom. The molecule has 1 heterocycles. The summed E-state index contributed by atoms with van der Waals surface area (Å²) in [4.78, 5) is 0. The van der Waals surface area contributed by atoms with Crippen molar-refractivity contribution < 1.29 is 17.9 Å². The first-order valence-electron chi connectivity index (χ1n) is 6.68. The minimum atomic E-state index is -4.36. The van der Waals surface area contributed by atoms with E-state index in [1.807, 2.05) is 30.3 Å². The van der Waals surface area contributed by atoms with Gasteiger partial charge < -0.3 is 10.1 Å². The second-order valence-corrected chi connectivity index (χ2v) is 4.90. The number of hydrogen-bond donors (Lipinski definition) is 1. The van der Waals surface area contributed by atoms with Gasteiger partial charge in [0.15, 0.2) is 0 Å². The van der Waals surface area contributed by atoms with Crippen LogP contribution in [-0.4, -0.2) is 13.2 Å². The molecule has 1 aliphatic rings. The van der Waals surface area contributed by atoms with Crippen molar-refractivity contribution in [2.45, 2.75) is 12.2 Å². The van der Waals surface area contributed by atoms with Crippen molar-refractivity contribution in [3.63, 3.8) is 0 Å². The molecular weight excluding hydrogens is 279 g/mol. The summed E-state index contributed by atoms with van der Waals surface area (Å²) in [6.45, 7) is 1.01. The third-order valence-corrected chi connectivity index (χ3v) is 3.49. The molecule has 3 rings (SSSR count). The molecule has 21 heavy (non-hydrogen) atoms.